The number of ether oxygens (including phenoxy) is 1. The van der Waals surface area contributed by atoms with E-state index in [2.05, 4.69) is 24.8 Å². The molecule has 2 fully saturated rings. The Labute approximate surface area is 166 Å². The summed E-state index contributed by atoms with van der Waals surface area (Å²) in [6.45, 7) is 4.86. The van der Waals surface area contributed by atoms with Gasteiger partial charge in [-0.15, -0.1) is 0 Å². The van der Waals surface area contributed by atoms with Crippen LogP contribution in [-0.2, 0) is 9.53 Å². The molecule has 0 unspecified atom stereocenters. The van der Waals surface area contributed by atoms with Gasteiger partial charge in [0.15, 0.2) is 0 Å². The summed E-state index contributed by atoms with van der Waals surface area (Å²) in [7, 11) is 0. The molecule has 1 N–H and O–H groups in total. The highest BCUT2D eigenvalue weighted by Crippen LogP contribution is 2.40. The molecule has 1 amide bonds. The lowest BCUT2D eigenvalue weighted by Crippen LogP contribution is -2.66. The Hall–Kier alpha value is -2.38. The quantitative estimate of drug-likeness (QED) is 0.779. The van der Waals surface area contributed by atoms with Crippen molar-refractivity contribution >= 4 is 5.91 Å². The van der Waals surface area contributed by atoms with E-state index in [9.17, 15) is 15.2 Å². The maximum absolute atomic E-state index is 12.8. The minimum absolute atomic E-state index is 0.106. The first kappa shape index (κ1) is 20.4. The van der Waals surface area contributed by atoms with E-state index in [1.54, 1.807) is 4.90 Å². The number of benzene rings is 1. The third-order valence-corrected chi connectivity index (χ3v) is 5.38. The topological polar surface area (TPSA) is 76.8 Å². The Morgan fingerprint density at radius 3 is 2.61 bits per heavy atom. The molecule has 0 aliphatic carbocycles. The van der Waals surface area contributed by atoms with E-state index in [1.807, 2.05) is 29.2 Å². The average molecular weight is 381 g/mol. The van der Waals surface area contributed by atoms with Crippen LogP contribution in [0.15, 0.2) is 24.3 Å². The highest BCUT2D eigenvalue weighted by atomic mass is 16.5. The monoisotopic (exact) mass is 381 g/mol. The summed E-state index contributed by atoms with van der Waals surface area (Å²) in [6.07, 6.45) is 1.90. The molecule has 2 aliphatic heterocycles. The van der Waals surface area contributed by atoms with Crippen molar-refractivity contribution in [2.24, 2.45) is 0 Å². The summed E-state index contributed by atoms with van der Waals surface area (Å²) in [5.41, 5.74) is 1.90. The summed E-state index contributed by atoms with van der Waals surface area (Å²) < 4.78 is 5.31. The molecule has 28 heavy (non-hydrogen) atoms. The zero-order valence-corrected chi connectivity index (χ0v) is 16.3. The first-order valence-corrected chi connectivity index (χ1v) is 9.90. The number of aliphatic hydroxyl groups excluding tert-OH is 1. The fraction of sp³-hybridized carbons (Fsp3) is 0.545. The Morgan fingerprint density at radius 2 is 2.00 bits per heavy atom. The number of morpholine rings is 1. The van der Waals surface area contributed by atoms with E-state index >= 15 is 0 Å². The number of nitriles is 1. The number of unbranched alkanes of at least 4 members (excludes halogenated alkanes) is 1. The van der Waals surface area contributed by atoms with Gasteiger partial charge in [0.05, 0.1) is 38.5 Å². The Morgan fingerprint density at radius 1 is 1.29 bits per heavy atom. The number of carbonyl (C=O) groups is 1. The number of carbonyl (C=O) groups excluding carboxylic acids is 1. The standard InChI is InChI=1S/C22H27N3O3/c1-2-3-4-5-17-6-8-18(9-7-17)22-19(14-23)25(20(22)16-26)21(27)15-24-10-12-28-13-11-24/h6-9,19-20,22,26H,2-3,10-13,15-16H2,1H3/t19-,20+,22-/m1/s1. The first-order valence-electron chi connectivity index (χ1n) is 9.90. The molecule has 2 saturated heterocycles. The zero-order valence-electron chi connectivity index (χ0n) is 16.3. The third kappa shape index (κ3) is 4.36. The molecule has 6 heteroatoms. The molecule has 1 aromatic carbocycles. The van der Waals surface area contributed by atoms with Crippen LogP contribution < -0.4 is 0 Å². The van der Waals surface area contributed by atoms with Crippen molar-refractivity contribution in [1.82, 2.24) is 9.80 Å². The van der Waals surface area contributed by atoms with Crippen molar-refractivity contribution < 1.29 is 14.6 Å². The number of rotatable bonds is 5. The molecule has 0 saturated carbocycles. The normalized spacial score (nSPS) is 24.6. The largest absolute Gasteiger partial charge is 0.394 e. The maximum atomic E-state index is 12.8. The van der Waals surface area contributed by atoms with Crippen molar-refractivity contribution in [1.29, 1.82) is 5.26 Å². The van der Waals surface area contributed by atoms with Crippen molar-refractivity contribution in [3.05, 3.63) is 35.4 Å². The Balaban J connectivity index is 1.69. The molecule has 0 aromatic heterocycles. The summed E-state index contributed by atoms with van der Waals surface area (Å²) in [5, 5.41) is 19.6. The molecule has 3 atom stereocenters. The second kappa shape index (κ2) is 9.71. The number of nitrogens with zero attached hydrogens (tertiary/aromatic N) is 3. The molecule has 0 radical (unpaired) electrons. The number of hydrogen-bond acceptors (Lipinski definition) is 5. The van der Waals surface area contributed by atoms with Gasteiger partial charge in [-0.05, 0) is 24.1 Å². The van der Waals surface area contributed by atoms with Crippen LogP contribution in [0.2, 0.25) is 0 Å². The number of hydrogen-bond donors (Lipinski definition) is 1. The van der Waals surface area contributed by atoms with Crippen LogP contribution in [0, 0.1) is 23.2 Å². The smallest absolute Gasteiger partial charge is 0.238 e. The lowest BCUT2D eigenvalue weighted by atomic mass is 9.75. The molecule has 0 spiro atoms. The molecular formula is C22H27N3O3. The summed E-state index contributed by atoms with van der Waals surface area (Å²) in [6, 6.07) is 9.14. The number of likely N-dealkylation sites (tertiary alicyclic amines) is 1. The van der Waals surface area contributed by atoms with Gasteiger partial charge in [0.2, 0.25) is 5.91 Å². The van der Waals surface area contributed by atoms with Crippen molar-refractivity contribution in [2.45, 2.75) is 37.8 Å². The van der Waals surface area contributed by atoms with Crippen LogP contribution in [0.3, 0.4) is 0 Å². The van der Waals surface area contributed by atoms with E-state index in [1.165, 1.54) is 0 Å². The fourth-order valence-electron chi connectivity index (χ4n) is 3.86. The maximum Gasteiger partial charge on any atom is 0.238 e. The van der Waals surface area contributed by atoms with Crippen molar-refractivity contribution in [3.63, 3.8) is 0 Å². The van der Waals surface area contributed by atoms with Crippen LogP contribution >= 0.6 is 0 Å². The summed E-state index contributed by atoms with van der Waals surface area (Å²) >= 11 is 0. The van der Waals surface area contributed by atoms with Gasteiger partial charge in [0, 0.05) is 31.0 Å². The van der Waals surface area contributed by atoms with Gasteiger partial charge in [-0.3, -0.25) is 9.69 Å². The lowest BCUT2D eigenvalue weighted by molar-refractivity contribution is -0.149. The molecule has 2 heterocycles. The minimum atomic E-state index is -0.553. The fourth-order valence-corrected chi connectivity index (χ4v) is 3.86. The predicted molar refractivity (Wildman–Crippen MR) is 105 cm³/mol. The molecule has 3 rings (SSSR count). The first-order chi connectivity index (χ1) is 13.7. The lowest BCUT2D eigenvalue weighted by Gasteiger charge is -2.52. The van der Waals surface area contributed by atoms with Crippen LogP contribution in [0.1, 0.15) is 36.8 Å². The van der Waals surface area contributed by atoms with Crippen molar-refractivity contribution in [2.75, 3.05) is 39.5 Å². The van der Waals surface area contributed by atoms with Gasteiger partial charge in [-0.25, -0.2) is 0 Å². The molecule has 148 valence electrons. The summed E-state index contributed by atoms with van der Waals surface area (Å²) in [5.74, 6) is 5.96. The summed E-state index contributed by atoms with van der Waals surface area (Å²) in [4.78, 5) is 16.4. The van der Waals surface area contributed by atoms with Crippen molar-refractivity contribution in [3.8, 4) is 17.9 Å². The number of aliphatic hydroxyl groups is 1. The van der Waals surface area contributed by atoms with E-state index in [0.29, 0.717) is 26.3 Å². The average Bonchev–Trinajstić information content (AvgIpc) is 2.70. The Bertz CT molecular complexity index is 769. The third-order valence-electron chi connectivity index (χ3n) is 5.38. The van der Waals surface area contributed by atoms with Crippen LogP contribution in [0.5, 0.6) is 0 Å². The highest BCUT2D eigenvalue weighted by Gasteiger charge is 2.51. The highest BCUT2D eigenvalue weighted by molar-refractivity contribution is 5.81. The second-order valence-corrected chi connectivity index (χ2v) is 7.21. The van der Waals surface area contributed by atoms with Gasteiger partial charge in [-0.2, -0.15) is 5.26 Å². The van der Waals surface area contributed by atoms with E-state index in [-0.39, 0.29) is 31.0 Å². The van der Waals surface area contributed by atoms with Gasteiger partial charge in [0.25, 0.3) is 0 Å². The van der Waals surface area contributed by atoms with Gasteiger partial charge < -0.3 is 14.7 Å². The van der Waals surface area contributed by atoms with Gasteiger partial charge in [0.1, 0.15) is 6.04 Å². The molecule has 6 nitrogen and oxygen atoms in total. The molecular weight excluding hydrogens is 354 g/mol. The van der Waals surface area contributed by atoms with Crippen LogP contribution in [-0.4, -0.2) is 72.4 Å². The van der Waals surface area contributed by atoms with E-state index < -0.39 is 6.04 Å². The van der Waals surface area contributed by atoms with E-state index in [0.717, 1.165) is 24.0 Å². The van der Waals surface area contributed by atoms with Crippen LogP contribution in [0.4, 0.5) is 0 Å². The van der Waals surface area contributed by atoms with Crippen LogP contribution in [0.25, 0.3) is 0 Å². The predicted octanol–water partition coefficient (Wildman–Crippen LogP) is 1.35. The zero-order chi connectivity index (χ0) is 19.9. The Kier molecular flexibility index (Phi) is 7.06. The van der Waals surface area contributed by atoms with Gasteiger partial charge >= 0.3 is 0 Å². The minimum Gasteiger partial charge on any atom is -0.394 e. The molecule has 0 bridgehead atoms. The van der Waals surface area contributed by atoms with Gasteiger partial charge in [-0.1, -0.05) is 30.9 Å². The number of amides is 1. The SMILES string of the molecule is CCCC#Cc1ccc([C@@H]2[C@@H](C#N)N(C(=O)CN3CCOCC3)[C@H]2CO)cc1. The van der Waals surface area contributed by atoms with E-state index in [4.69, 9.17) is 4.74 Å². The second-order valence-electron chi connectivity index (χ2n) is 7.21. The molecule has 1 aromatic rings. The molecule has 2 aliphatic rings.